The molecule has 6 atom stereocenters. The summed E-state index contributed by atoms with van der Waals surface area (Å²) in [6.07, 6.45) is 7.24. The van der Waals surface area contributed by atoms with Crippen LogP contribution in [-0.2, 0) is 4.74 Å². The zero-order valence-electron chi connectivity index (χ0n) is 13.2. The molecule has 4 nitrogen and oxygen atoms in total. The first-order chi connectivity index (χ1) is 9.78. The second kappa shape index (κ2) is 6.61. The van der Waals surface area contributed by atoms with Crippen LogP contribution >= 0.6 is 0 Å². The van der Waals surface area contributed by atoms with E-state index >= 15 is 0 Å². The molecule has 2 unspecified atom stereocenters. The van der Waals surface area contributed by atoms with Crippen LogP contribution in [0.4, 0.5) is 0 Å². The van der Waals surface area contributed by atoms with Gasteiger partial charge in [-0.3, -0.25) is 0 Å². The normalized spacial score (nSPS) is 38.5. The van der Waals surface area contributed by atoms with Crippen LogP contribution in [0.3, 0.4) is 0 Å². The first-order valence-corrected chi connectivity index (χ1v) is 7.85. The van der Waals surface area contributed by atoms with E-state index in [1.54, 1.807) is 13.0 Å². The Bertz CT molecular complexity index is 409. The van der Waals surface area contributed by atoms with Crippen LogP contribution in [0.15, 0.2) is 23.8 Å². The number of hydrogen-bond donors (Lipinski definition) is 3. The van der Waals surface area contributed by atoms with Gasteiger partial charge < -0.3 is 20.1 Å². The number of allylic oxidation sites excluding steroid dienone is 2. The van der Waals surface area contributed by atoms with Crippen LogP contribution in [0.2, 0.25) is 0 Å². The minimum Gasteiger partial charge on any atom is -0.392 e. The number of aliphatic hydroxyl groups is 3. The Balaban J connectivity index is 1.94. The Hall–Kier alpha value is -0.680. The molecule has 0 aromatic heterocycles. The Kier molecular flexibility index (Phi) is 5.25. The van der Waals surface area contributed by atoms with Crippen LogP contribution < -0.4 is 0 Å². The molecule has 0 aromatic carbocycles. The van der Waals surface area contributed by atoms with Gasteiger partial charge in [0.05, 0.1) is 17.8 Å². The lowest BCUT2D eigenvalue weighted by Crippen LogP contribution is -2.23. The second-order valence-corrected chi connectivity index (χ2v) is 6.95. The maximum atomic E-state index is 10.4. The Morgan fingerprint density at radius 3 is 2.67 bits per heavy atom. The Morgan fingerprint density at radius 1 is 1.29 bits per heavy atom. The van der Waals surface area contributed by atoms with Gasteiger partial charge in [0.25, 0.3) is 0 Å². The standard InChI is InChI=1S/C17H28O4/c1-11(2)5-4-7-17(3,20)8-6-12-13-9-16(19)21-15(13)10-14(12)18/h5-6,8,12-16,18-20H,4,7,9-10H2,1-3H3/b8-6+/t12-,13+,14+,15+,16?,17?/m1/s1. The maximum Gasteiger partial charge on any atom is 0.155 e. The van der Waals surface area contributed by atoms with Crippen LogP contribution in [0.5, 0.6) is 0 Å². The van der Waals surface area contributed by atoms with Crippen molar-refractivity contribution in [2.45, 2.75) is 70.6 Å². The van der Waals surface area contributed by atoms with E-state index < -0.39 is 18.0 Å². The van der Waals surface area contributed by atoms with Gasteiger partial charge in [0, 0.05) is 18.8 Å². The van der Waals surface area contributed by atoms with Crippen molar-refractivity contribution in [2.24, 2.45) is 11.8 Å². The molecule has 2 rings (SSSR count). The largest absolute Gasteiger partial charge is 0.392 e. The third kappa shape index (κ3) is 4.39. The zero-order valence-corrected chi connectivity index (χ0v) is 13.2. The van der Waals surface area contributed by atoms with E-state index in [2.05, 4.69) is 6.08 Å². The number of ether oxygens (including phenoxy) is 1. The summed E-state index contributed by atoms with van der Waals surface area (Å²) in [5.41, 5.74) is 0.378. The van der Waals surface area contributed by atoms with Crippen molar-refractivity contribution in [3.05, 3.63) is 23.8 Å². The first-order valence-electron chi connectivity index (χ1n) is 7.85. The highest BCUT2D eigenvalue weighted by Crippen LogP contribution is 2.43. The highest BCUT2D eigenvalue weighted by Gasteiger charge is 2.47. The smallest absolute Gasteiger partial charge is 0.155 e. The van der Waals surface area contributed by atoms with E-state index in [1.807, 2.05) is 19.9 Å². The molecule has 1 heterocycles. The van der Waals surface area contributed by atoms with Crippen LogP contribution in [0.25, 0.3) is 0 Å². The molecular weight excluding hydrogens is 268 g/mol. The minimum atomic E-state index is -0.873. The lowest BCUT2D eigenvalue weighted by atomic mass is 9.89. The van der Waals surface area contributed by atoms with Crippen molar-refractivity contribution >= 4 is 0 Å². The summed E-state index contributed by atoms with van der Waals surface area (Å²) < 4.78 is 5.40. The molecular formula is C17H28O4. The van der Waals surface area contributed by atoms with E-state index in [0.29, 0.717) is 19.3 Å². The highest BCUT2D eigenvalue weighted by molar-refractivity contribution is 5.09. The predicted octanol–water partition coefficient (Wildman–Crippen LogP) is 2.14. The van der Waals surface area contributed by atoms with Crippen molar-refractivity contribution in [3.63, 3.8) is 0 Å². The second-order valence-electron chi connectivity index (χ2n) is 6.95. The van der Waals surface area contributed by atoms with E-state index in [-0.39, 0.29) is 17.9 Å². The average molecular weight is 296 g/mol. The van der Waals surface area contributed by atoms with Gasteiger partial charge in [0.1, 0.15) is 0 Å². The van der Waals surface area contributed by atoms with Crippen molar-refractivity contribution < 1.29 is 20.1 Å². The molecule has 0 bridgehead atoms. The summed E-state index contributed by atoms with van der Waals surface area (Å²) in [5, 5.41) is 30.1. The molecule has 0 amide bonds. The number of aliphatic hydroxyl groups excluding tert-OH is 2. The number of hydrogen-bond acceptors (Lipinski definition) is 4. The molecule has 120 valence electrons. The van der Waals surface area contributed by atoms with Crippen LogP contribution in [0.1, 0.15) is 46.5 Å². The molecule has 1 aliphatic heterocycles. The highest BCUT2D eigenvalue weighted by atomic mass is 16.6. The molecule has 0 aromatic rings. The van der Waals surface area contributed by atoms with Gasteiger partial charge in [-0.05, 0) is 39.5 Å². The third-order valence-corrected chi connectivity index (χ3v) is 4.58. The maximum absolute atomic E-state index is 10.4. The summed E-state index contributed by atoms with van der Waals surface area (Å²) in [5.74, 6) is 0.113. The lowest BCUT2D eigenvalue weighted by Gasteiger charge is -2.21. The summed E-state index contributed by atoms with van der Waals surface area (Å²) in [6, 6.07) is 0. The molecule has 3 N–H and O–H groups in total. The van der Waals surface area contributed by atoms with E-state index in [1.165, 1.54) is 5.57 Å². The molecule has 21 heavy (non-hydrogen) atoms. The van der Waals surface area contributed by atoms with Gasteiger partial charge in [-0.2, -0.15) is 0 Å². The summed E-state index contributed by atoms with van der Waals surface area (Å²) in [7, 11) is 0. The number of fused-ring (bicyclic) bond motifs is 1. The third-order valence-electron chi connectivity index (χ3n) is 4.58. The van der Waals surface area contributed by atoms with Crippen LogP contribution in [0, 0.1) is 11.8 Å². The van der Waals surface area contributed by atoms with E-state index in [0.717, 1.165) is 6.42 Å². The fourth-order valence-electron chi connectivity index (χ4n) is 3.38. The van der Waals surface area contributed by atoms with Gasteiger partial charge in [0.2, 0.25) is 0 Å². The van der Waals surface area contributed by atoms with Gasteiger partial charge >= 0.3 is 0 Å². The summed E-state index contributed by atoms with van der Waals surface area (Å²) in [4.78, 5) is 0. The number of rotatable bonds is 5. The topological polar surface area (TPSA) is 69.9 Å². The fourth-order valence-corrected chi connectivity index (χ4v) is 3.38. The van der Waals surface area contributed by atoms with Gasteiger partial charge in [-0.25, -0.2) is 0 Å². The SMILES string of the molecule is CC(C)=CCCC(C)(O)/C=C/[C@@H]1[C@@H]2CC(O)O[C@H]2C[C@@H]1O. The zero-order chi connectivity index (χ0) is 15.6. The van der Waals surface area contributed by atoms with Gasteiger partial charge in [0.15, 0.2) is 6.29 Å². The van der Waals surface area contributed by atoms with Crippen molar-refractivity contribution in [2.75, 3.05) is 0 Å². The summed E-state index contributed by atoms with van der Waals surface area (Å²) >= 11 is 0. The van der Waals surface area contributed by atoms with E-state index in [4.69, 9.17) is 4.74 Å². The van der Waals surface area contributed by atoms with Gasteiger partial charge in [-0.1, -0.05) is 23.8 Å². The summed E-state index contributed by atoms with van der Waals surface area (Å²) in [6.45, 7) is 5.89. The molecule has 1 saturated carbocycles. The first kappa shape index (κ1) is 16.7. The van der Waals surface area contributed by atoms with Crippen molar-refractivity contribution in [1.82, 2.24) is 0 Å². The predicted molar refractivity (Wildman–Crippen MR) is 81.5 cm³/mol. The Labute approximate surface area is 127 Å². The van der Waals surface area contributed by atoms with Crippen LogP contribution in [-0.4, -0.2) is 39.4 Å². The molecule has 0 radical (unpaired) electrons. The molecule has 2 fully saturated rings. The molecule has 4 heteroatoms. The molecule has 1 aliphatic carbocycles. The molecule has 2 aliphatic rings. The van der Waals surface area contributed by atoms with Gasteiger partial charge in [-0.15, -0.1) is 0 Å². The lowest BCUT2D eigenvalue weighted by molar-refractivity contribution is -0.0949. The van der Waals surface area contributed by atoms with Crippen molar-refractivity contribution in [1.29, 1.82) is 0 Å². The monoisotopic (exact) mass is 296 g/mol. The molecule has 1 saturated heterocycles. The average Bonchev–Trinajstić information content (AvgIpc) is 2.81. The van der Waals surface area contributed by atoms with Crippen molar-refractivity contribution in [3.8, 4) is 0 Å². The minimum absolute atomic E-state index is 0.0397. The fraction of sp³-hybridized carbons (Fsp3) is 0.765. The Morgan fingerprint density at radius 2 is 2.00 bits per heavy atom. The van der Waals surface area contributed by atoms with E-state index in [9.17, 15) is 15.3 Å². The molecule has 0 spiro atoms. The quantitative estimate of drug-likeness (QED) is 0.680.